The van der Waals surface area contributed by atoms with Crippen LogP contribution >= 0.6 is 0 Å². The summed E-state index contributed by atoms with van der Waals surface area (Å²) >= 11 is 0. The minimum Gasteiger partial charge on any atom is -0.357 e. The summed E-state index contributed by atoms with van der Waals surface area (Å²) in [6, 6.07) is 1.40. The number of anilines is 2. The molecule has 2 unspecified atom stereocenters. The lowest BCUT2D eigenvalue weighted by atomic mass is 10.1. The van der Waals surface area contributed by atoms with Gasteiger partial charge in [-0.1, -0.05) is 0 Å². The molecule has 1 aliphatic carbocycles. The van der Waals surface area contributed by atoms with E-state index in [0.29, 0.717) is 17.8 Å². The van der Waals surface area contributed by atoms with Crippen LogP contribution in [0.1, 0.15) is 25.0 Å². The molecule has 0 radical (unpaired) electrons. The summed E-state index contributed by atoms with van der Waals surface area (Å²) < 4.78 is 38.5. The summed E-state index contributed by atoms with van der Waals surface area (Å²) in [5.74, 6) is 1.01. The second-order valence-corrected chi connectivity index (χ2v) is 5.17. The molecule has 1 saturated carbocycles. The zero-order valence-corrected chi connectivity index (χ0v) is 10.5. The van der Waals surface area contributed by atoms with E-state index < -0.39 is 11.9 Å². The number of hydrogen-bond donors (Lipinski definition) is 1. The number of aromatic nitrogens is 2. The molecule has 104 valence electrons. The van der Waals surface area contributed by atoms with Gasteiger partial charge in [-0.3, -0.25) is 0 Å². The molecule has 4 nitrogen and oxygen atoms in total. The molecule has 2 fully saturated rings. The monoisotopic (exact) mass is 272 g/mol. The van der Waals surface area contributed by atoms with Crippen molar-refractivity contribution in [3.8, 4) is 0 Å². The molecule has 1 aromatic rings. The van der Waals surface area contributed by atoms with E-state index in [2.05, 4.69) is 15.3 Å². The number of hydrogen-bond acceptors (Lipinski definition) is 4. The Morgan fingerprint density at radius 1 is 1.32 bits per heavy atom. The Morgan fingerprint density at radius 3 is 2.63 bits per heavy atom. The summed E-state index contributed by atoms with van der Waals surface area (Å²) in [5, 5.41) is 2.60. The van der Waals surface area contributed by atoms with Crippen LogP contribution in [0.4, 0.5) is 24.9 Å². The van der Waals surface area contributed by atoms with E-state index in [1.165, 1.54) is 13.5 Å². The van der Waals surface area contributed by atoms with E-state index in [1.807, 2.05) is 4.90 Å². The molecular formula is C12H15F3N4. The third kappa shape index (κ3) is 2.21. The van der Waals surface area contributed by atoms with Gasteiger partial charge in [0.15, 0.2) is 5.69 Å². The fourth-order valence-electron chi connectivity index (χ4n) is 3.04. The largest absolute Gasteiger partial charge is 0.433 e. The van der Waals surface area contributed by atoms with Crippen molar-refractivity contribution < 1.29 is 13.2 Å². The smallest absolute Gasteiger partial charge is 0.357 e. The van der Waals surface area contributed by atoms with Gasteiger partial charge in [0, 0.05) is 25.7 Å². The van der Waals surface area contributed by atoms with Crippen LogP contribution in [0.25, 0.3) is 0 Å². The van der Waals surface area contributed by atoms with Crippen molar-refractivity contribution in [2.45, 2.75) is 31.5 Å². The topological polar surface area (TPSA) is 41.1 Å². The summed E-state index contributed by atoms with van der Waals surface area (Å²) in [4.78, 5) is 9.64. The van der Waals surface area contributed by atoms with Gasteiger partial charge in [-0.05, 0) is 25.2 Å². The fourth-order valence-corrected chi connectivity index (χ4v) is 3.04. The molecule has 19 heavy (non-hydrogen) atoms. The summed E-state index contributed by atoms with van der Waals surface area (Å²) in [6.45, 7) is 0.808. The van der Waals surface area contributed by atoms with Gasteiger partial charge in [0.2, 0.25) is 5.95 Å². The Bertz CT molecular complexity index is 488. The number of piperidine rings is 1. The molecule has 1 N–H and O–H groups in total. The molecule has 7 heteroatoms. The van der Waals surface area contributed by atoms with Crippen molar-refractivity contribution in [2.75, 3.05) is 23.8 Å². The SMILES string of the molecule is CNc1nc(N2CC3CCC2C3)cc(C(F)(F)F)n1. The molecule has 2 atom stereocenters. The molecule has 0 spiro atoms. The molecule has 1 saturated heterocycles. The molecule has 0 amide bonds. The maximum absolute atomic E-state index is 12.8. The third-order valence-corrected chi connectivity index (χ3v) is 3.93. The van der Waals surface area contributed by atoms with E-state index in [4.69, 9.17) is 0 Å². The summed E-state index contributed by atoms with van der Waals surface area (Å²) in [5.41, 5.74) is -0.885. The summed E-state index contributed by atoms with van der Waals surface area (Å²) in [7, 11) is 1.52. The molecule has 3 rings (SSSR count). The van der Waals surface area contributed by atoms with Crippen LogP contribution in [0.2, 0.25) is 0 Å². The van der Waals surface area contributed by atoms with Crippen LogP contribution in [0, 0.1) is 5.92 Å². The molecule has 1 aliphatic heterocycles. The second-order valence-electron chi connectivity index (χ2n) is 5.17. The van der Waals surface area contributed by atoms with Crippen LogP contribution in [0.3, 0.4) is 0 Å². The number of halogens is 3. The molecule has 2 aliphatic rings. The van der Waals surface area contributed by atoms with Crippen molar-refractivity contribution in [1.82, 2.24) is 9.97 Å². The standard InChI is InChI=1S/C12H15F3N4/c1-16-11-17-9(12(13,14)15)5-10(18-11)19-6-7-2-3-8(19)4-7/h5,7-8H,2-4,6H2,1H3,(H,16,17,18). The number of nitrogens with one attached hydrogen (secondary N) is 1. The van der Waals surface area contributed by atoms with Crippen molar-refractivity contribution in [3.63, 3.8) is 0 Å². The number of nitrogens with zero attached hydrogens (tertiary/aromatic N) is 3. The average Bonchev–Trinajstić information content (AvgIpc) is 2.99. The predicted octanol–water partition coefficient (Wildman–Crippen LogP) is 2.53. The highest BCUT2D eigenvalue weighted by atomic mass is 19.4. The third-order valence-electron chi connectivity index (χ3n) is 3.93. The van der Waals surface area contributed by atoms with Gasteiger partial charge in [0.25, 0.3) is 0 Å². The van der Waals surface area contributed by atoms with Crippen molar-refractivity contribution in [3.05, 3.63) is 11.8 Å². The quantitative estimate of drug-likeness (QED) is 0.898. The van der Waals surface area contributed by atoms with Crippen LogP contribution in [0.5, 0.6) is 0 Å². The zero-order valence-electron chi connectivity index (χ0n) is 10.5. The van der Waals surface area contributed by atoms with E-state index in [9.17, 15) is 13.2 Å². The van der Waals surface area contributed by atoms with Crippen molar-refractivity contribution in [2.24, 2.45) is 5.92 Å². The maximum Gasteiger partial charge on any atom is 0.433 e. The Labute approximate surface area is 109 Å². The van der Waals surface area contributed by atoms with Gasteiger partial charge in [-0.25, -0.2) is 4.98 Å². The van der Waals surface area contributed by atoms with Gasteiger partial charge in [-0.15, -0.1) is 0 Å². The normalized spacial score (nSPS) is 26.0. The highest BCUT2D eigenvalue weighted by Crippen LogP contribution is 2.40. The first kappa shape index (κ1) is 12.5. The van der Waals surface area contributed by atoms with Gasteiger partial charge in [0.1, 0.15) is 5.82 Å². The Kier molecular flexibility index (Phi) is 2.79. The van der Waals surface area contributed by atoms with Gasteiger partial charge >= 0.3 is 6.18 Å². The molecule has 2 bridgehead atoms. The van der Waals surface area contributed by atoms with Crippen molar-refractivity contribution in [1.29, 1.82) is 0 Å². The molecule has 1 aromatic heterocycles. The highest BCUT2D eigenvalue weighted by Gasteiger charge is 2.40. The van der Waals surface area contributed by atoms with Crippen LogP contribution < -0.4 is 10.2 Å². The Hall–Kier alpha value is -1.53. The minimum atomic E-state index is -4.44. The number of fused-ring (bicyclic) bond motifs is 2. The molecule has 0 aromatic carbocycles. The van der Waals surface area contributed by atoms with Gasteiger partial charge < -0.3 is 10.2 Å². The van der Waals surface area contributed by atoms with E-state index >= 15 is 0 Å². The average molecular weight is 272 g/mol. The van der Waals surface area contributed by atoms with E-state index in [1.54, 1.807) is 0 Å². The fraction of sp³-hybridized carbons (Fsp3) is 0.667. The molecular weight excluding hydrogens is 257 g/mol. The van der Waals surface area contributed by atoms with Crippen molar-refractivity contribution >= 4 is 11.8 Å². The minimum absolute atomic E-state index is 0.0209. The van der Waals surface area contributed by atoms with Gasteiger partial charge in [0.05, 0.1) is 0 Å². The Morgan fingerprint density at radius 2 is 2.11 bits per heavy atom. The maximum atomic E-state index is 12.8. The Balaban J connectivity index is 1.97. The van der Waals surface area contributed by atoms with E-state index in [-0.39, 0.29) is 5.95 Å². The van der Waals surface area contributed by atoms with Crippen LogP contribution in [0.15, 0.2) is 6.07 Å². The highest BCUT2D eigenvalue weighted by molar-refractivity contribution is 5.48. The van der Waals surface area contributed by atoms with Crippen LogP contribution in [-0.2, 0) is 6.18 Å². The summed E-state index contributed by atoms with van der Waals surface area (Å²) in [6.07, 6.45) is -1.15. The molecule has 2 heterocycles. The van der Waals surface area contributed by atoms with E-state index in [0.717, 1.165) is 25.5 Å². The first-order valence-corrected chi connectivity index (χ1v) is 6.38. The lowest BCUT2D eigenvalue weighted by Gasteiger charge is -2.28. The first-order chi connectivity index (χ1) is 8.97. The van der Waals surface area contributed by atoms with Gasteiger partial charge in [-0.2, -0.15) is 18.2 Å². The number of alkyl halides is 3. The number of rotatable bonds is 2. The predicted molar refractivity (Wildman–Crippen MR) is 65.1 cm³/mol. The lowest BCUT2D eigenvalue weighted by molar-refractivity contribution is -0.141. The lowest BCUT2D eigenvalue weighted by Crippen LogP contribution is -2.33. The zero-order chi connectivity index (χ0) is 13.6. The first-order valence-electron chi connectivity index (χ1n) is 6.38. The van der Waals surface area contributed by atoms with Crippen LogP contribution in [-0.4, -0.2) is 29.6 Å². The second kappa shape index (κ2) is 4.25.